The van der Waals surface area contributed by atoms with E-state index in [0.29, 0.717) is 24.8 Å². The molecule has 7 atom stereocenters. The molecule has 4 aliphatic rings. The molecule has 3 saturated heterocycles. The van der Waals surface area contributed by atoms with E-state index in [9.17, 15) is 9.18 Å². The molecule has 0 aromatic heterocycles. The first-order valence-electron chi connectivity index (χ1n) is 10.7. The van der Waals surface area contributed by atoms with Crippen molar-refractivity contribution >= 4 is 5.91 Å². The number of hydrogen-bond acceptors (Lipinski definition) is 4. The van der Waals surface area contributed by atoms with Crippen LogP contribution >= 0.6 is 0 Å². The molecule has 0 bridgehead atoms. The molecular weight excluding hydrogens is 331 g/mol. The number of halogens is 1. The van der Waals surface area contributed by atoms with Crippen LogP contribution in [0.25, 0.3) is 0 Å². The van der Waals surface area contributed by atoms with Gasteiger partial charge in [-0.25, -0.2) is 4.39 Å². The highest BCUT2D eigenvalue weighted by Crippen LogP contribution is 2.38. The monoisotopic (exact) mass is 366 g/mol. The normalized spacial score (nSPS) is 44.8. The Morgan fingerprint density at radius 1 is 1.08 bits per heavy atom. The van der Waals surface area contributed by atoms with Crippen LogP contribution in [-0.2, 0) is 4.79 Å². The van der Waals surface area contributed by atoms with Gasteiger partial charge < -0.3 is 15.5 Å². The van der Waals surface area contributed by atoms with Crippen molar-refractivity contribution < 1.29 is 9.18 Å². The Hall–Kier alpha value is -0.720. The molecule has 6 heteroatoms. The van der Waals surface area contributed by atoms with Gasteiger partial charge in [0.2, 0.25) is 5.91 Å². The van der Waals surface area contributed by atoms with E-state index in [1.807, 2.05) is 0 Å². The largest absolute Gasteiger partial charge is 0.339 e. The Kier molecular flexibility index (Phi) is 5.53. The molecule has 3 heterocycles. The fourth-order valence-corrected chi connectivity index (χ4v) is 5.76. The molecule has 0 spiro atoms. The number of likely N-dealkylation sites (tertiary alicyclic amines) is 1. The van der Waals surface area contributed by atoms with E-state index >= 15 is 0 Å². The van der Waals surface area contributed by atoms with Crippen molar-refractivity contribution in [3.8, 4) is 0 Å². The molecule has 1 amide bonds. The van der Waals surface area contributed by atoms with Crippen molar-refractivity contribution in [1.82, 2.24) is 20.9 Å². The Morgan fingerprint density at radius 2 is 1.85 bits per heavy atom. The van der Waals surface area contributed by atoms with Crippen molar-refractivity contribution in [3.63, 3.8) is 0 Å². The van der Waals surface area contributed by atoms with Crippen LogP contribution in [0.1, 0.15) is 51.9 Å². The molecule has 4 fully saturated rings. The minimum absolute atomic E-state index is 0.0121. The van der Waals surface area contributed by atoms with Gasteiger partial charge in [-0.2, -0.15) is 0 Å². The number of carbonyl (C=O) groups excluding carboxylic acids is 1. The topological polar surface area (TPSA) is 56.4 Å². The maximum Gasteiger partial charge on any atom is 0.238 e. The number of fused-ring (bicyclic) bond motifs is 1. The van der Waals surface area contributed by atoms with Crippen LogP contribution in [-0.4, -0.2) is 61.4 Å². The van der Waals surface area contributed by atoms with Crippen molar-refractivity contribution in [1.29, 1.82) is 0 Å². The molecule has 0 aromatic carbocycles. The number of piperidine rings is 1. The van der Waals surface area contributed by atoms with E-state index in [-0.39, 0.29) is 30.1 Å². The van der Waals surface area contributed by atoms with Crippen LogP contribution in [0.3, 0.4) is 0 Å². The van der Waals surface area contributed by atoms with E-state index in [1.165, 1.54) is 25.9 Å². The second-order valence-electron chi connectivity index (χ2n) is 9.27. The highest BCUT2D eigenvalue weighted by Gasteiger charge is 2.46. The Bertz CT molecular complexity index is 492. The molecule has 1 saturated carbocycles. The van der Waals surface area contributed by atoms with Gasteiger partial charge in [0.1, 0.15) is 6.17 Å². The maximum atomic E-state index is 14.3. The minimum Gasteiger partial charge on any atom is -0.339 e. The number of nitrogens with one attached hydrogen (secondary N) is 3. The molecule has 26 heavy (non-hydrogen) atoms. The Labute approximate surface area is 156 Å². The number of amides is 1. The van der Waals surface area contributed by atoms with Gasteiger partial charge in [-0.05, 0) is 76.9 Å². The summed E-state index contributed by atoms with van der Waals surface area (Å²) < 4.78 is 14.3. The number of hydrogen-bond donors (Lipinski definition) is 3. The van der Waals surface area contributed by atoms with Crippen molar-refractivity contribution in [2.45, 2.75) is 82.3 Å². The lowest BCUT2D eigenvalue weighted by Crippen LogP contribution is -2.52. The lowest BCUT2D eigenvalue weighted by atomic mass is 9.77. The third kappa shape index (κ3) is 3.78. The van der Waals surface area contributed by atoms with Gasteiger partial charge in [0, 0.05) is 18.0 Å². The highest BCUT2D eigenvalue weighted by molar-refractivity contribution is 5.82. The predicted octanol–water partition coefficient (Wildman–Crippen LogP) is 1.64. The van der Waals surface area contributed by atoms with Gasteiger partial charge in [0.25, 0.3) is 0 Å². The highest BCUT2D eigenvalue weighted by atomic mass is 19.1. The average Bonchev–Trinajstić information content (AvgIpc) is 3.27. The molecule has 5 nitrogen and oxygen atoms in total. The third-order valence-electron chi connectivity index (χ3n) is 7.49. The zero-order valence-electron chi connectivity index (χ0n) is 16.2. The van der Waals surface area contributed by atoms with Crippen molar-refractivity contribution in [3.05, 3.63) is 0 Å². The van der Waals surface area contributed by atoms with E-state index in [1.54, 1.807) is 0 Å². The minimum atomic E-state index is -0.750. The fraction of sp³-hybridized carbons (Fsp3) is 0.950. The van der Waals surface area contributed by atoms with Gasteiger partial charge in [0.15, 0.2) is 0 Å². The van der Waals surface area contributed by atoms with E-state index < -0.39 is 6.17 Å². The number of alkyl halides is 1. The first kappa shape index (κ1) is 18.6. The van der Waals surface area contributed by atoms with Crippen LogP contribution in [0.4, 0.5) is 4.39 Å². The van der Waals surface area contributed by atoms with Crippen LogP contribution in [0.15, 0.2) is 0 Å². The quantitative estimate of drug-likeness (QED) is 0.711. The predicted molar refractivity (Wildman–Crippen MR) is 100 cm³/mol. The summed E-state index contributed by atoms with van der Waals surface area (Å²) in [6.45, 7) is 4.54. The molecule has 0 radical (unpaired) electrons. The molecule has 3 aliphatic heterocycles. The van der Waals surface area contributed by atoms with Gasteiger partial charge in [-0.15, -0.1) is 0 Å². The summed E-state index contributed by atoms with van der Waals surface area (Å²) in [5.74, 6) is 1.26. The standard InChI is InChI=1S/C20H35FN4O/c1-12-3-4-15(21)14-11-17(23-19(12)14)20(26)24-18-6-5-16(22-18)13-7-9-25(2)10-8-13/h12-19,22-23H,3-11H2,1-2H3,(H,24,26). The smallest absolute Gasteiger partial charge is 0.238 e. The number of nitrogens with zero attached hydrogens (tertiary/aromatic N) is 1. The zero-order valence-corrected chi connectivity index (χ0v) is 16.2. The lowest BCUT2D eigenvalue weighted by Gasteiger charge is -2.33. The summed E-state index contributed by atoms with van der Waals surface area (Å²) in [6, 6.07) is 0.467. The van der Waals surface area contributed by atoms with Crippen LogP contribution < -0.4 is 16.0 Å². The molecule has 0 aromatic rings. The summed E-state index contributed by atoms with van der Waals surface area (Å²) in [6.07, 6.45) is 6.20. The molecule has 1 aliphatic carbocycles. The second-order valence-corrected chi connectivity index (χ2v) is 9.27. The fourth-order valence-electron chi connectivity index (χ4n) is 5.76. The summed E-state index contributed by atoms with van der Waals surface area (Å²) in [4.78, 5) is 15.1. The Balaban J connectivity index is 1.27. The van der Waals surface area contributed by atoms with Crippen LogP contribution in [0, 0.1) is 17.8 Å². The summed E-state index contributed by atoms with van der Waals surface area (Å²) >= 11 is 0. The first-order valence-corrected chi connectivity index (χ1v) is 10.7. The van der Waals surface area contributed by atoms with Crippen molar-refractivity contribution in [2.24, 2.45) is 17.8 Å². The SMILES string of the molecule is CC1CCC(F)C2CC(C(=O)NC3CCC(C4CCN(C)CC4)N3)NC12. The van der Waals surface area contributed by atoms with Gasteiger partial charge in [0.05, 0.1) is 12.2 Å². The van der Waals surface area contributed by atoms with E-state index in [2.05, 4.69) is 34.8 Å². The molecule has 4 rings (SSSR count). The summed E-state index contributed by atoms with van der Waals surface area (Å²) in [5, 5.41) is 10.3. The molecule has 148 valence electrons. The molecule has 7 unspecified atom stereocenters. The molecular formula is C20H35FN4O. The van der Waals surface area contributed by atoms with Gasteiger partial charge >= 0.3 is 0 Å². The third-order valence-corrected chi connectivity index (χ3v) is 7.49. The summed E-state index contributed by atoms with van der Waals surface area (Å²) in [5.41, 5.74) is 0. The van der Waals surface area contributed by atoms with Gasteiger partial charge in [-0.3, -0.25) is 10.1 Å². The maximum absolute atomic E-state index is 14.3. The lowest BCUT2D eigenvalue weighted by molar-refractivity contribution is -0.123. The Morgan fingerprint density at radius 3 is 2.58 bits per heavy atom. The number of carbonyl (C=O) groups is 1. The number of rotatable bonds is 3. The van der Waals surface area contributed by atoms with Crippen molar-refractivity contribution in [2.75, 3.05) is 20.1 Å². The average molecular weight is 367 g/mol. The summed E-state index contributed by atoms with van der Waals surface area (Å²) in [7, 11) is 2.19. The van der Waals surface area contributed by atoms with E-state index in [4.69, 9.17) is 0 Å². The van der Waals surface area contributed by atoms with Crippen LogP contribution in [0.5, 0.6) is 0 Å². The van der Waals surface area contributed by atoms with Crippen LogP contribution in [0.2, 0.25) is 0 Å². The zero-order chi connectivity index (χ0) is 18.3. The first-order chi connectivity index (χ1) is 12.5. The molecule has 3 N–H and O–H groups in total. The van der Waals surface area contributed by atoms with Gasteiger partial charge in [-0.1, -0.05) is 6.92 Å². The van der Waals surface area contributed by atoms with E-state index in [0.717, 1.165) is 25.2 Å². The second kappa shape index (κ2) is 7.72.